The summed E-state index contributed by atoms with van der Waals surface area (Å²) in [5.41, 5.74) is -0.337. The van der Waals surface area contributed by atoms with Gasteiger partial charge in [-0.05, 0) is 12.0 Å². The number of carbonyl (C=O) groups is 1. The third-order valence-electron chi connectivity index (χ3n) is 2.49. The minimum atomic E-state index is -1.19. The van der Waals surface area contributed by atoms with E-state index in [9.17, 15) is 14.9 Å². The Morgan fingerprint density at radius 2 is 2.06 bits per heavy atom. The molecule has 1 atom stereocenters. The van der Waals surface area contributed by atoms with Gasteiger partial charge in [0.25, 0.3) is 0 Å². The van der Waals surface area contributed by atoms with Gasteiger partial charge in [0, 0.05) is 11.3 Å². The van der Waals surface area contributed by atoms with Crippen LogP contribution in [-0.2, 0) is 0 Å². The Balaban J connectivity index is 3.15. The summed E-state index contributed by atoms with van der Waals surface area (Å²) >= 11 is 1.22. The number of pyridine rings is 1. The molecule has 0 radical (unpaired) electrons. The minimum absolute atomic E-state index is 0.111. The molecular weight excluding hydrogens is 256 g/mol. The van der Waals surface area contributed by atoms with Gasteiger partial charge in [-0.1, -0.05) is 32.5 Å². The van der Waals surface area contributed by atoms with Crippen molar-refractivity contribution >= 4 is 23.4 Å². The van der Waals surface area contributed by atoms with Crippen LogP contribution in [0.5, 0.6) is 0 Å². The van der Waals surface area contributed by atoms with Gasteiger partial charge < -0.3 is 5.11 Å². The van der Waals surface area contributed by atoms with Crippen LogP contribution in [0.1, 0.15) is 31.3 Å². The second-order valence-corrected chi connectivity index (χ2v) is 5.52. The molecule has 0 amide bonds. The Morgan fingerprint density at radius 3 is 2.50 bits per heavy atom. The number of hydrogen-bond acceptors (Lipinski definition) is 5. The first kappa shape index (κ1) is 14.4. The highest BCUT2D eigenvalue weighted by Crippen LogP contribution is 2.33. The summed E-state index contributed by atoms with van der Waals surface area (Å²) in [7, 11) is 0. The monoisotopic (exact) mass is 270 g/mol. The molecule has 0 aromatic carbocycles. The van der Waals surface area contributed by atoms with Crippen molar-refractivity contribution in [1.82, 2.24) is 4.98 Å². The van der Waals surface area contributed by atoms with Crippen LogP contribution in [0.15, 0.2) is 17.2 Å². The van der Waals surface area contributed by atoms with E-state index in [1.54, 1.807) is 0 Å². The maximum Gasteiger partial charge on any atom is 0.354 e. The van der Waals surface area contributed by atoms with Crippen LogP contribution in [0, 0.1) is 16.0 Å². The summed E-state index contributed by atoms with van der Waals surface area (Å²) in [5, 5.41) is 20.0. The average molecular weight is 270 g/mol. The number of hydrogen-bond donors (Lipinski definition) is 1. The van der Waals surface area contributed by atoms with Crippen LogP contribution in [-0.4, -0.2) is 26.2 Å². The molecule has 0 fully saturated rings. The second kappa shape index (κ2) is 5.81. The van der Waals surface area contributed by atoms with Crippen LogP contribution in [0.25, 0.3) is 0 Å². The zero-order valence-corrected chi connectivity index (χ0v) is 11.1. The normalized spacial score (nSPS) is 12.4. The van der Waals surface area contributed by atoms with E-state index in [1.807, 2.05) is 20.8 Å². The Hall–Kier alpha value is -1.63. The highest BCUT2D eigenvalue weighted by molar-refractivity contribution is 8.00. The van der Waals surface area contributed by atoms with E-state index >= 15 is 0 Å². The Morgan fingerprint density at radius 1 is 1.44 bits per heavy atom. The third kappa shape index (κ3) is 3.43. The highest BCUT2D eigenvalue weighted by Gasteiger charge is 2.21. The van der Waals surface area contributed by atoms with Gasteiger partial charge in [0.1, 0.15) is 5.69 Å². The first-order valence-electron chi connectivity index (χ1n) is 5.38. The molecule has 1 aromatic rings. The van der Waals surface area contributed by atoms with Crippen molar-refractivity contribution < 1.29 is 14.8 Å². The Labute approximate surface area is 109 Å². The van der Waals surface area contributed by atoms with Crippen molar-refractivity contribution in [2.24, 2.45) is 5.92 Å². The maximum atomic E-state index is 10.9. The Kier molecular flexibility index (Phi) is 4.66. The van der Waals surface area contributed by atoms with Gasteiger partial charge in [-0.2, -0.15) is 0 Å². The number of thioether (sulfide) groups is 1. The lowest BCUT2D eigenvalue weighted by Gasteiger charge is -2.14. The van der Waals surface area contributed by atoms with Crippen LogP contribution in [0.3, 0.4) is 0 Å². The number of nitrogens with zero attached hydrogens (tertiary/aromatic N) is 2. The van der Waals surface area contributed by atoms with Crippen molar-refractivity contribution in [3.63, 3.8) is 0 Å². The van der Waals surface area contributed by atoms with E-state index in [-0.39, 0.29) is 21.7 Å². The largest absolute Gasteiger partial charge is 0.477 e. The molecule has 1 rings (SSSR count). The molecular formula is C11H14N2O4S. The van der Waals surface area contributed by atoms with Crippen LogP contribution >= 0.6 is 11.8 Å². The van der Waals surface area contributed by atoms with Crippen molar-refractivity contribution in [3.8, 4) is 0 Å². The standard InChI is InChI=1S/C11H14N2O4S/c1-6(2)7(3)18-10-9(13(16)17)5-4-8(12-10)11(14)15/h4-7H,1-3H3,(H,14,15). The maximum absolute atomic E-state index is 10.9. The second-order valence-electron chi connectivity index (χ2n) is 4.15. The van der Waals surface area contributed by atoms with Gasteiger partial charge in [0.15, 0.2) is 5.03 Å². The van der Waals surface area contributed by atoms with E-state index in [0.29, 0.717) is 5.92 Å². The SMILES string of the molecule is CC(C)C(C)Sc1nc(C(=O)O)ccc1[N+](=O)[O-]. The molecule has 0 aliphatic heterocycles. The molecule has 0 saturated carbocycles. The van der Waals surface area contributed by atoms with Gasteiger partial charge >= 0.3 is 11.7 Å². The van der Waals surface area contributed by atoms with Crippen molar-refractivity contribution in [2.75, 3.05) is 0 Å². The molecule has 0 aliphatic rings. The smallest absolute Gasteiger partial charge is 0.354 e. The zero-order valence-electron chi connectivity index (χ0n) is 10.3. The number of carboxylic acid groups (broad SMARTS) is 1. The molecule has 98 valence electrons. The predicted molar refractivity (Wildman–Crippen MR) is 68.0 cm³/mol. The third-order valence-corrected chi connectivity index (χ3v) is 3.93. The summed E-state index contributed by atoms with van der Waals surface area (Å²) in [4.78, 5) is 25.0. The molecule has 0 spiro atoms. The number of nitro groups is 1. The number of aromatic nitrogens is 1. The van der Waals surface area contributed by atoms with E-state index in [0.717, 1.165) is 6.07 Å². The number of carboxylic acids is 1. The van der Waals surface area contributed by atoms with Gasteiger partial charge in [-0.3, -0.25) is 10.1 Å². The minimum Gasteiger partial charge on any atom is -0.477 e. The van der Waals surface area contributed by atoms with Crippen molar-refractivity contribution in [1.29, 1.82) is 0 Å². The number of rotatable bonds is 5. The molecule has 1 aromatic heterocycles. The van der Waals surface area contributed by atoms with Gasteiger partial charge in [-0.25, -0.2) is 9.78 Å². The van der Waals surface area contributed by atoms with E-state index < -0.39 is 10.9 Å². The highest BCUT2D eigenvalue weighted by atomic mass is 32.2. The summed E-state index contributed by atoms with van der Waals surface area (Å²) in [6.45, 7) is 5.91. The van der Waals surface area contributed by atoms with Crippen LogP contribution < -0.4 is 0 Å². The number of aromatic carboxylic acids is 1. The van der Waals surface area contributed by atoms with Gasteiger partial charge in [0.2, 0.25) is 0 Å². The summed E-state index contributed by atoms with van der Waals surface area (Å²) in [5.74, 6) is -0.881. The molecule has 0 bridgehead atoms. The van der Waals surface area contributed by atoms with E-state index in [4.69, 9.17) is 5.11 Å². The molecule has 0 aliphatic carbocycles. The summed E-state index contributed by atoms with van der Waals surface area (Å²) in [6, 6.07) is 2.33. The Bertz CT molecular complexity index is 476. The average Bonchev–Trinajstić information content (AvgIpc) is 2.28. The summed E-state index contributed by atoms with van der Waals surface area (Å²) < 4.78 is 0. The predicted octanol–water partition coefficient (Wildman–Crippen LogP) is 2.82. The molecule has 6 nitrogen and oxygen atoms in total. The molecule has 1 unspecified atom stereocenters. The lowest BCUT2D eigenvalue weighted by atomic mass is 10.2. The van der Waals surface area contributed by atoms with E-state index in [2.05, 4.69) is 4.98 Å². The van der Waals surface area contributed by atoms with Gasteiger partial charge in [0.05, 0.1) is 4.92 Å². The van der Waals surface area contributed by atoms with E-state index in [1.165, 1.54) is 17.8 Å². The fourth-order valence-corrected chi connectivity index (χ4v) is 2.13. The lowest BCUT2D eigenvalue weighted by Crippen LogP contribution is -2.09. The first-order chi connectivity index (χ1) is 8.32. The van der Waals surface area contributed by atoms with Crippen molar-refractivity contribution in [2.45, 2.75) is 31.0 Å². The van der Waals surface area contributed by atoms with Crippen LogP contribution in [0.4, 0.5) is 5.69 Å². The molecule has 18 heavy (non-hydrogen) atoms. The molecule has 1 N–H and O–H groups in total. The van der Waals surface area contributed by atoms with Gasteiger partial charge in [-0.15, -0.1) is 0 Å². The molecule has 0 saturated heterocycles. The van der Waals surface area contributed by atoms with Crippen molar-refractivity contribution in [3.05, 3.63) is 27.9 Å². The lowest BCUT2D eigenvalue weighted by molar-refractivity contribution is -0.388. The molecule has 1 heterocycles. The quantitative estimate of drug-likeness (QED) is 0.502. The summed E-state index contributed by atoms with van der Waals surface area (Å²) in [6.07, 6.45) is 0. The topological polar surface area (TPSA) is 93.3 Å². The fraction of sp³-hybridized carbons (Fsp3) is 0.455. The zero-order chi connectivity index (χ0) is 13.9. The molecule has 7 heteroatoms. The van der Waals surface area contributed by atoms with Crippen LogP contribution in [0.2, 0.25) is 0 Å². The fourth-order valence-electron chi connectivity index (χ4n) is 1.09. The first-order valence-corrected chi connectivity index (χ1v) is 6.26.